The highest BCUT2D eigenvalue weighted by Crippen LogP contribution is 2.34. The molecule has 1 aromatic carbocycles. The molecule has 1 aliphatic heterocycles. The van der Waals surface area contributed by atoms with Crippen LogP contribution in [0, 0.1) is 5.92 Å². The molecule has 29 heavy (non-hydrogen) atoms. The summed E-state index contributed by atoms with van der Waals surface area (Å²) in [6, 6.07) is 2.87. The zero-order chi connectivity index (χ0) is 20.3. The van der Waals surface area contributed by atoms with Gasteiger partial charge in [-0.1, -0.05) is 19.3 Å². The number of nitrogens with two attached hydrogens (primary N) is 1. The van der Waals surface area contributed by atoms with Crippen molar-refractivity contribution < 1.29 is 22.8 Å². The van der Waals surface area contributed by atoms with Crippen molar-refractivity contribution in [2.45, 2.75) is 57.2 Å². The maximum absolute atomic E-state index is 13.4. The van der Waals surface area contributed by atoms with E-state index in [9.17, 15) is 22.8 Å². The van der Waals surface area contributed by atoms with Gasteiger partial charge >= 0.3 is 6.18 Å². The average Bonchev–Trinajstić information content (AvgIpc) is 3.11. The maximum Gasteiger partial charge on any atom is 0.416 e. The van der Waals surface area contributed by atoms with Crippen LogP contribution >= 0.6 is 12.4 Å². The molecule has 1 atom stereocenters. The molecule has 1 aromatic rings. The number of carbonyl (C=O) groups excluding carboxylic acids is 2. The Kier molecular flexibility index (Phi) is 7.94. The molecule has 0 aromatic heterocycles. The molecular formula is C20H27ClF3N3O2. The Labute approximate surface area is 174 Å². The molecule has 1 unspecified atom stereocenters. The lowest BCUT2D eigenvalue weighted by Crippen LogP contribution is -2.46. The molecule has 1 aliphatic carbocycles. The minimum Gasteiger partial charge on any atom is -0.348 e. The highest BCUT2D eigenvalue weighted by atomic mass is 35.5. The predicted molar refractivity (Wildman–Crippen MR) is 107 cm³/mol. The van der Waals surface area contributed by atoms with Gasteiger partial charge in [0.15, 0.2) is 0 Å². The van der Waals surface area contributed by atoms with Crippen molar-refractivity contribution in [3.8, 4) is 0 Å². The molecule has 0 bridgehead atoms. The Morgan fingerprint density at radius 3 is 2.41 bits per heavy atom. The summed E-state index contributed by atoms with van der Waals surface area (Å²) in [5.41, 5.74) is 4.91. The van der Waals surface area contributed by atoms with Crippen molar-refractivity contribution in [1.29, 1.82) is 0 Å². The van der Waals surface area contributed by atoms with Gasteiger partial charge in [-0.2, -0.15) is 13.2 Å². The number of carbonyl (C=O) groups is 2. The van der Waals surface area contributed by atoms with Crippen LogP contribution in [0.5, 0.6) is 0 Å². The molecule has 3 N–H and O–H groups in total. The number of rotatable bonds is 5. The molecule has 1 saturated carbocycles. The second kappa shape index (κ2) is 9.80. The first-order valence-electron chi connectivity index (χ1n) is 9.83. The SMILES string of the molecule is Cl.NCC(NC(=O)c1cc(N2CCCC2=O)cc(C(F)(F)F)c1)C1CCCCC1. The fourth-order valence-electron chi connectivity index (χ4n) is 4.14. The van der Waals surface area contributed by atoms with Gasteiger partial charge < -0.3 is 16.0 Å². The molecule has 3 rings (SSSR count). The summed E-state index contributed by atoms with van der Waals surface area (Å²) >= 11 is 0. The number of anilines is 1. The van der Waals surface area contributed by atoms with Crippen molar-refractivity contribution in [2.24, 2.45) is 11.7 Å². The van der Waals surface area contributed by atoms with E-state index in [0.29, 0.717) is 19.4 Å². The Balaban J connectivity index is 0.00000300. The van der Waals surface area contributed by atoms with Crippen molar-refractivity contribution in [3.05, 3.63) is 29.3 Å². The Morgan fingerprint density at radius 2 is 1.86 bits per heavy atom. The van der Waals surface area contributed by atoms with E-state index in [2.05, 4.69) is 5.32 Å². The summed E-state index contributed by atoms with van der Waals surface area (Å²) in [5, 5.41) is 2.83. The zero-order valence-electron chi connectivity index (χ0n) is 16.1. The van der Waals surface area contributed by atoms with Crippen LogP contribution in [0.2, 0.25) is 0 Å². The average molecular weight is 434 g/mol. The molecule has 5 nitrogen and oxygen atoms in total. The minimum atomic E-state index is -4.61. The molecule has 1 heterocycles. The number of nitrogens with zero attached hydrogens (tertiary/aromatic N) is 1. The summed E-state index contributed by atoms with van der Waals surface area (Å²) in [7, 11) is 0. The second-order valence-electron chi connectivity index (χ2n) is 7.63. The van der Waals surface area contributed by atoms with Gasteiger partial charge in [-0.3, -0.25) is 9.59 Å². The molecule has 1 saturated heterocycles. The van der Waals surface area contributed by atoms with Crippen LogP contribution in [0.1, 0.15) is 60.9 Å². The molecular weight excluding hydrogens is 407 g/mol. The fourth-order valence-corrected chi connectivity index (χ4v) is 4.14. The first-order valence-corrected chi connectivity index (χ1v) is 9.83. The van der Waals surface area contributed by atoms with Crippen LogP contribution < -0.4 is 16.0 Å². The predicted octanol–water partition coefficient (Wildman–Crippen LogP) is 3.89. The number of hydrogen-bond acceptors (Lipinski definition) is 3. The van der Waals surface area contributed by atoms with Crippen molar-refractivity contribution >= 4 is 29.9 Å². The third kappa shape index (κ3) is 5.63. The molecule has 0 radical (unpaired) electrons. The van der Waals surface area contributed by atoms with Gasteiger partial charge in [0.05, 0.1) is 5.56 Å². The van der Waals surface area contributed by atoms with Gasteiger partial charge in [-0.15, -0.1) is 12.4 Å². The van der Waals surface area contributed by atoms with Gasteiger partial charge in [-0.25, -0.2) is 0 Å². The largest absolute Gasteiger partial charge is 0.416 e. The van der Waals surface area contributed by atoms with E-state index in [1.165, 1.54) is 11.0 Å². The van der Waals surface area contributed by atoms with E-state index in [1.807, 2.05) is 0 Å². The number of alkyl halides is 3. The molecule has 162 valence electrons. The number of hydrogen-bond donors (Lipinski definition) is 2. The topological polar surface area (TPSA) is 75.4 Å². The number of benzene rings is 1. The van der Waals surface area contributed by atoms with E-state index < -0.39 is 17.6 Å². The second-order valence-corrected chi connectivity index (χ2v) is 7.63. The Bertz CT molecular complexity index is 736. The van der Waals surface area contributed by atoms with E-state index >= 15 is 0 Å². The summed E-state index contributed by atoms with van der Waals surface area (Å²) in [6.07, 6.45) is 1.50. The smallest absolute Gasteiger partial charge is 0.348 e. The molecule has 2 amide bonds. The van der Waals surface area contributed by atoms with E-state index in [-0.39, 0.29) is 48.1 Å². The third-order valence-electron chi connectivity index (χ3n) is 5.68. The summed E-state index contributed by atoms with van der Waals surface area (Å²) in [6.45, 7) is 0.599. The van der Waals surface area contributed by atoms with E-state index in [0.717, 1.165) is 44.2 Å². The van der Waals surface area contributed by atoms with Crippen LogP contribution in [0.25, 0.3) is 0 Å². The first kappa shape index (κ1) is 23.5. The Hall–Kier alpha value is -1.80. The monoisotopic (exact) mass is 433 g/mol. The normalized spacial score (nSPS) is 19.0. The van der Waals surface area contributed by atoms with Crippen molar-refractivity contribution in [3.63, 3.8) is 0 Å². The van der Waals surface area contributed by atoms with Crippen molar-refractivity contribution in [2.75, 3.05) is 18.0 Å². The molecule has 2 aliphatic rings. The fraction of sp³-hybridized carbons (Fsp3) is 0.600. The Morgan fingerprint density at radius 1 is 1.17 bits per heavy atom. The van der Waals surface area contributed by atoms with Crippen LogP contribution in [0.3, 0.4) is 0 Å². The van der Waals surface area contributed by atoms with Crippen LogP contribution in [0.4, 0.5) is 18.9 Å². The number of amides is 2. The van der Waals surface area contributed by atoms with Crippen LogP contribution in [-0.2, 0) is 11.0 Å². The summed E-state index contributed by atoms with van der Waals surface area (Å²) in [4.78, 5) is 26.0. The van der Waals surface area contributed by atoms with Gasteiger partial charge in [0.2, 0.25) is 5.91 Å². The summed E-state index contributed by atoms with van der Waals surface area (Å²) in [5.74, 6) is -0.569. The van der Waals surface area contributed by atoms with Gasteiger partial charge in [0.25, 0.3) is 5.91 Å². The van der Waals surface area contributed by atoms with Crippen molar-refractivity contribution in [1.82, 2.24) is 5.32 Å². The van der Waals surface area contributed by atoms with Gasteiger partial charge in [0.1, 0.15) is 0 Å². The van der Waals surface area contributed by atoms with E-state index in [4.69, 9.17) is 5.73 Å². The third-order valence-corrected chi connectivity index (χ3v) is 5.68. The highest BCUT2D eigenvalue weighted by molar-refractivity contribution is 5.99. The standard InChI is InChI=1S/C20H26F3N3O2.ClH/c21-20(22,23)15-9-14(10-16(11-15)26-8-4-7-18(26)27)19(28)25-17(12-24)13-5-2-1-3-6-13;/h9-11,13,17H,1-8,12,24H2,(H,25,28);1H. The van der Waals surface area contributed by atoms with Crippen LogP contribution in [0.15, 0.2) is 18.2 Å². The van der Waals surface area contributed by atoms with Gasteiger partial charge in [-0.05, 0) is 43.4 Å². The lowest BCUT2D eigenvalue weighted by Gasteiger charge is -2.30. The molecule has 9 heteroatoms. The number of halogens is 4. The zero-order valence-corrected chi connectivity index (χ0v) is 17.0. The lowest BCUT2D eigenvalue weighted by atomic mass is 9.84. The van der Waals surface area contributed by atoms with Gasteiger partial charge in [0, 0.05) is 36.8 Å². The molecule has 0 spiro atoms. The van der Waals surface area contributed by atoms with Crippen LogP contribution in [-0.4, -0.2) is 30.9 Å². The number of nitrogens with one attached hydrogen (secondary N) is 1. The quantitative estimate of drug-likeness (QED) is 0.739. The lowest BCUT2D eigenvalue weighted by molar-refractivity contribution is -0.137. The highest BCUT2D eigenvalue weighted by Gasteiger charge is 2.34. The van der Waals surface area contributed by atoms with E-state index in [1.54, 1.807) is 0 Å². The summed E-state index contributed by atoms with van der Waals surface area (Å²) < 4.78 is 40.1. The minimum absolute atomic E-state index is 0. The maximum atomic E-state index is 13.4. The first-order chi connectivity index (χ1) is 13.3. The molecule has 2 fully saturated rings.